The van der Waals surface area contributed by atoms with Gasteiger partial charge in [-0.05, 0) is 11.6 Å². The summed E-state index contributed by atoms with van der Waals surface area (Å²) in [5.41, 5.74) is 0.778. The Hall–Kier alpha value is -2.81. The first kappa shape index (κ1) is 15.1. The first-order valence-corrected chi connectivity index (χ1v) is 7.23. The van der Waals surface area contributed by atoms with E-state index in [1.54, 1.807) is 11.1 Å². The minimum Gasteiger partial charge on any atom is -0.335 e. The first-order valence-electron chi connectivity index (χ1n) is 7.23. The van der Waals surface area contributed by atoms with E-state index in [1.807, 2.05) is 18.3 Å². The lowest BCUT2D eigenvalue weighted by Crippen LogP contribution is -2.48. The summed E-state index contributed by atoms with van der Waals surface area (Å²) in [5.74, 6) is -0.379. The highest BCUT2D eigenvalue weighted by atomic mass is 16.6. The summed E-state index contributed by atoms with van der Waals surface area (Å²) in [7, 11) is 0. The number of aromatic nitrogens is 3. The summed E-state index contributed by atoms with van der Waals surface area (Å²) >= 11 is 0. The second kappa shape index (κ2) is 6.53. The maximum absolute atomic E-state index is 12.4. The van der Waals surface area contributed by atoms with Crippen LogP contribution in [0.1, 0.15) is 16.1 Å². The Morgan fingerprint density at radius 3 is 2.74 bits per heavy atom. The van der Waals surface area contributed by atoms with Crippen LogP contribution in [0.3, 0.4) is 0 Å². The van der Waals surface area contributed by atoms with Gasteiger partial charge in [-0.3, -0.25) is 29.9 Å². The summed E-state index contributed by atoms with van der Waals surface area (Å²) in [6.45, 7) is 3.25. The van der Waals surface area contributed by atoms with Crippen LogP contribution in [0.4, 0.5) is 5.69 Å². The number of rotatable bonds is 4. The second-order valence-electron chi connectivity index (χ2n) is 5.32. The number of nitro groups is 1. The summed E-state index contributed by atoms with van der Waals surface area (Å²) in [5, 5.41) is 16.9. The van der Waals surface area contributed by atoms with E-state index in [0.717, 1.165) is 18.3 Å². The fourth-order valence-electron chi connectivity index (χ4n) is 2.59. The van der Waals surface area contributed by atoms with Crippen molar-refractivity contribution in [2.75, 3.05) is 26.2 Å². The third-order valence-electron chi connectivity index (χ3n) is 3.82. The molecule has 1 amide bonds. The molecule has 0 saturated carbocycles. The van der Waals surface area contributed by atoms with Gasteiger partial charge in [0.25, 0.3) is 5.91 Å². The van der Waals surface area contributed by atoms with Crippen LogP contribution < -0.4 is 0 Å². The molecule has 3 rings (SSSR count). The molecule has 3 heterocycles. The number of nitrogens with one attached hydrogen (secondary N) is 1. The standard InChI is InChI=1S/C14H16N6O3/c21-14(13-12(20(22)23)9-16-17-13)19-6-4-18(5-7-19)10-11-2-1-3-15-8-11/h1-3,8-9H,4-7,10H2,(H,16,17). The van der Waals surface area contributed by atoms with E-state index in [2.05, 4.69) is 20.1 Å². The number of H-pyrrole nitrogens is 1. The molecule has 9 nitrogen and oxygen atoms in total. The van der Waals surface area contributed by atoms with Crippen LogP contribution in [0, 0.1) is 10.1 Å². The number of nitrogens with zero attached hydrogens (tertiary/aromatic N) is 5. The second-order valence-corrected chi connectivity index (χ2v) is 5.32. The third-order valence-corrected chi connectivity index (χ3v) is 3.82. The van der Waals surface area contributed by atoms with Gasteiger partial charge < -0.3 is 4.90 Å². The average Bonchev–Trinajstić information content (AvgIpc) is 3.06. The zero-order valence-corrected chi connectivity index (χ0v) is 12.4. The number of hydrogen-bond donors (Lipinski definition) is 1. The minimum absolute atomic E-state index is 0.0595. The van der Waals surface area contributed by atoms with Gasteiger partial charge in [0.2, 0.25) is 5.69 Å². The Balaban J connectivity index is 1.59. The normalized spacial score (nSPS) is 15.6. The molecular formula is C14H16N6O3. The SMILES string of the molecule is O=C(c1[nH]ncc1[N+](=O)[O-])N1CCN(Cc2cccnc2)CC1. The zero-order valence-electron chi connectivity index (χ0n) is 12.4. The largest absolute Gasteiger partial charge is 0.335 e. The number of hydrogen-bond acceptors (Lipinski definition) is 6. The van der Waals surface area contributed by atoms with E-state index in [4.69, 9.17) is 0 Å². The Kier molecular flexibility index (Phi) is 4.29. The van der Waals surface area contributed by atoms with E-state index >= 15 is 0 Å². The van der Waals surface area contributed by atoms with Gasteiger partial charge in [-0.1, -0.05) is 6.07 Å². The lowest BCUT2D eigenvalue weighted by atomic mass is 10.2. The topological polar surface area (TPSA) is 108 Å². The van der Waals surface area contributed by atoms with Gasteiger partial charge >= 0.3 is 5.69 Å². The predicted molar refractivity (Wildman–Crippen MR) is 80.7 cm³/mol. The van der Waals surface area contributed by atoms with E-state index in [0.29, 0.717) is 26.2 Å². The molecule has 23 heavy (non-hydrogen) atoms. The van der Waals surface area contributed by atoms with E-state index in [-0.39, 0.29) is 17.3 Å². The van der Waals surface area contributed by atoms with Crippen molar-refractivity contribution in [1.29, 1.82) is 0 Å². The molecular weight excluding hydrogens is 300 g/mol. The monoisotopic (exact) mass is 316 g/mol. The van der Waals surface area contributed by atoms with Crippen LogP contribution in [0.25, 0.3) is 0 Å². The third kappa shape index (κ3) is 3.34. The van der Waals surface area contributed by atoms with Gasteiger partial charge in [0.15, 0.2) is 0 Å². The fourth-order valence-corrected chi connectivity index (χ4v) is 2.59. The molecule has 1 N–H and O–H groups in total. The van der Waals surface area contributed by atoms with Crippen molar-refractivity contribution in [3.05, 3.63) is 52.1 Å². The highest BCUT2D eigenvalue weighted by Gasteiger charge is 2.29. The molecule has 0 aromatic carbocycles. The molecule has 0 atom stereocenters. The molecule has 0 unspecified atom stereocenters. The lowest BCUT2D eigenvalue weighted by Gasteiger charge is -2.34. The van der Waals surface area contributed by atoms with Crippen molar-refractivity contribution in [2.24, 2.45) is 0 Å². The molecule has 0 spiro atoms. The van der Waals surface area contributed by atoms with Gasteiger partial charge in [0.1, 0.15) is 6.20 Å². The number of piperazine rings is 1. The molecule has 0 bridgehead atoms. The highest BCUT2D eigenvalue weighted by Crippen LogP contribution is 2.18. The molecule has 2 aromatic heterocycles. The Morgan fingerprint density at radius 2 is 2.09 bits per heavy atom. The Bertz CT molecular complexity index is 694. The van der Waals surface area contributed by atoms with Crippen molar-refractivity contribution in [1.82, 2.24) is 25.0 Å². The summed E-state index contributed by atoms with van der Waals surface area (Å²) in [4.78, 5) is 30.6. The number of amides is 1. The Morgan fingerprint density at radius 1 is 1.30 bits per heavy atom. The smallest absolute Gasteiger partial charge is 0.319 e. The summed E-state index contributed by atoms with van der Waals surface area (Å²) in [6, 6.07) is 3.91. The van der Waals surface area contributed by atoms with Crippen LogP contribution in [0.15, 0.2) is 30.7 Å². The number of pyridine rings is 1. The molecule has 1 aliphatic heterocycles. The highest BCUT2D eigenvalue weighted by molar-refractivity contribution is 5.96. The minimum atomic E-state index is -0.602. The van der Waals surface area contributed by atoms with Gasteiger partial charge in [-0.2, -0.15) is 5.10 Å². The van der Waals surface area contributed by atoms with E-state index in [1.165, 1.54) is 0 Å². The number of carbonyl (C=O) groups is 1. The van der Waals surface area contributed by atoms with Crippen LogP contribution >= 0.6 is 0 Å². The number of carbonyl (C=O) groups excluding carboxylic acids is 1. The summed E-state index contributed by atoms with van der Waals surface area (Å²) in [6.07, 6.45) is 4.62. The molecule has 120 valence electrons. The molecule has 1 fully saturated rings. The zero-order chi connectivity index (χ0) is 16.2. The van der Waals surface area contributed by atoms with Gasteiger partial charge in [-0.15, -0.1) is 0 Å². The van der Waals surface area contributed by atoms with E-state index < -0.39 is 4.92 Å². The molecule has 2 aromatic rings. The Labute approximate surface area is 132 Å². The predicted octanol–water partition coefficient (Wildman–Crippen LogP) is 0.671. The molecule has 1 saturated heterocycles. The number of aromatic amines is 1. The van der Waals surface area contributed by atoms with Gasteiger partial charge in [0.05, 0.1) is 4.92 Å². The fraction of sp³-hybridized carbons (Fsp3) is 0.357. The van der Waals surface area contributed by atoms with Crippen LogP contribution in [-0.2, 0) is 6.54 Å². The molecule has 9 heteroatoms. The van der Waals surface area contributed by atoms with Crippen LogP contribution in [0.2, 0.25) is 0 Å². The van der Waals surface area contributed by atoms with Crippen molar-refractivity contribution in [2.45, 2.75) is 6.54 Å². The van der Waals surface area contributed by atoms with Crippen molar-refractivity contribution in [3.63, 3.8) is 0 Å². The van der Waals surface area contributed by atoms with Crippen molar-refractivity contribution < 1.29 is 9.72 Å². The van der Waals surface area contributed by atoms with Gasteiger partial charge in [-0.25, -0.2) is 0 Å². The van der Waals surface area contributed by atoms with Crippen molar-refractivity contribution in [3.8, 4) is 0 Å². The van der Waals surface area contributed by atoms with Crippen molar-refractivity contribution >= 4 is 11.6 Å². The van der Waals surface area contributed by atoms with E-state index in [9.17, 15) is 14.9 Å². The lowest BCUT2D eigenvalue weighted by molar-refractivity contribution is -0.385. The average molecular weight is 316 g/mol. The quantitative estimate of drug-likeness (QED) is 0.656. The van der Waals surface area contributed by atoms with Gasteiger partial charge in [0, 0.05) is 45.1 Å². The first-order chi connectivity index (χ1) is 11.1. The maximum Gasteiger partial charge on any atom is 0.319 e. The molecule has 0 aliphatic carbocycles. The maximum atomic E-state index is 12.4. The van der Waals surface area contributed by atoms with Crippen LogP contribution in [0.5, 0.6) is 0 Å². The van der Waals surface area contributed by atoms with Crippen LogP contribution in [-0.4, -0.2) is 62.0 Å². The summed E-state index contributed by atoms with van der Waals surface area (Å²) < 4.78 is 0. The molecule has 1 aliphatic rings. The molecule has 0 radical (unpaired) electrons.